The van der Waals surface area contributed by atoms with Crippen molar-refractivity contribution in [2.75, 3.05) is 18.1 Å². The number of hydrogen-bond acceptors (Lipinski definition) is 4. The molecule has 2 aromatic rings. The van der Waals surface area contributed by atoms with Crippen molar-refractivity contribution in [1.82, 2.24) is 9.47 Å². The summed E-state index contributed by atoms with van der Waals surface area (Å²) in [5, 5.41) is 0. The Bertz CT molecular complexity index is 900. The molecule has 0 saturated carbocycles. The van der Waals surface area contributed by atoms with Crippen LogP contribution in [0.3, 0.4) is 0 Å². The predicted molar refractivity (Wildman–Crippen MR) is 113 cm³/mol. The molecule has 0 unspecified atom stereocenters. The molecule has 2 amide bonds. The van der Waals surface area contributed by atoms with E-state index in [1.54, 1.807) is 0 Å². The number of amides is 2. The van der Waals surface area contributed by atoms with Crippen molar-refractivity contribution in [1.29, 1.82) is 0 Å². The summed E-state index contributed by atoms with van der Waals surface area (Å²) < 4.78 is 3.08. The maximum atomic E-state index is 12.5. The standard InChI is InChI=1S/C20H27N3O2S2/c1-4-15-7-5-6-10-23(15)19(25)13-26-12-18(24)21-20-22(3)16-9-8-14(2)11-17(16)27-20/h8-9,11,15H,4-7,10,12-13H2,1-3H3/t15-/m0/s1. The molecule has 0 aliphatic carbocycles. The zero-order chi connectivity index (χ0) is 19.4. The average Bonchev–Trinajstić information content (AvgIpc) is 2.96. The minimum Gasteiger partial charge on any atom is -0.339 e. The molecule has 5 nitrogen and oxygen atoms in total. The van der Waals surface area contributed by atoms with Gasteiger partial charge in [0.25, 0.3) is 5.91 Å². The Hall–Kier alpha value is -1.60. The zero-order valence-corrected chi connectivity index (χ0v) is 17.9. The molecular formula is C20H27N3O2S2. The van der Waals surface area contributed by atoms with Gasteiger partial charge in [-0.1, -0.05) is 24.3 Å². The highest BCUT2D eigenvalue weighted by atomic mass is 32.2. The van der Waals surface area contributed by atoms with Gasteiger partial charge >= 0.3 is 0 Å². The SMILES string of the molecule is CC[C@H]1CCCCN1C(=O)CSCC(=O)N=c1sc2cc(C)ccc2n1C. The molecular weight excluding hydrogens is 378 g/mol. The van der Waals surface area contributed by atoms with Crippen LogP contribution in [0.15, 0.2) is 23.2 Å². The molecule has 1 aromatic heterocycles. The fourth-order valence-corrected chi connectivity index (χ4v) is 5.36. The number of carbonyl (C=O) groups is 2. The van der Waals surface area contributed by atoms with Crippen molar-refractivity contribution in [2.24, 2.45) is 12.0 Å². The molecule has 3 rings (SSSR count). The third-order valence-corrected chi connectivity index (χ3v) is 7.05. The highest BCUT2D eigenvalue weighted by Crippen LogP contribution is 2.21. The lowest BCUT2D eigenvalue weighted by molar-refractivity contribution is -0.132. The number of fused-ring (bicyclic) bond motifs is 1. The Kier molecular flexibility index (Phi) is 6.76. The number of aromatic nitrogens is 1. The van der Waals surface area contributed by atoms with Crippen LogP contribution >= 0.6 is 23.1 Å². The summed E-state index contributed by atoms with van der Waals surface area (Å²) in [7, 11) is 1.93. The quantitative estimate of drug-likeness (QED) is 0.765. The van der Waals surface area contributed by atoms with E-state index in [1.807, 2.05) is 16.5 Å². The molecule has 1 aliphatic heterocycles. The fraction of sp³-hybridized carbons (Fsp3) is 0.550. The second-order valence-corrected chi connectivity index (χ2v) is 9.05. The summed E-state index contributed by atoms with van der Waals surface area (Å²) >= 11 is 2.89. The van der Waals surface area contributed by atoms with Crippen molar-refractivity contribution in [3.63, 3.8) is 0 Å². The number of piperidine rings is 1. The third-order valence-electron chi connectivity index (χ3n) is 5.05. The van der Waals surface area contributed by atoms with E-state index < -0.39 is 0 Å². The van der Waals surface area contributed by atoms with Gasteiger partial charge in [0, 0.05) is 19.6 Å². The molecule has 0 bridgehead atoms. The smallest absolute Gasteiger partial charge is 0.258 e. The van der Waals surface area contributed by atoms with E-state index in [9.17, 15) is 9.59 Å². The van der Waals surface area contributed by atoms with Gasteiger partial charge in [-0.25, -0.2) is 0 Å². The Morgan fingerprint density at radius 3 is 2.89 bits per heavy atom. The highest BCUT2D eigenvalue weighted by Gasteiger charge is 2.25. The van der Waals surface area contributed by atoms with Gasteiger partial charge in [0.2, 0.25) is 5.91 Å². The lowest BCUT2D eigenvalue weighted by atomic mass is 10.0. The van der Waals surface area contributed by atoms with Crippen molar-refractivity contribution < 1.29 is 9.59 Å². The van der Waals surface area contributed by atoms with Gasteiger partial charge in [-0.05, 0) is 50.3 Å². The van der Waals surface area contributed by atoms with Gasteiger partial charge in [0.1, 0.15) is 0 Å². The first-order valence-electron chi connectivity index (χ1n) is 9.50. The van der Waals surface area contributed by atoms with Crippen LogP contribution in [0.2, 0.25) is 0 Å². The van der Waals surface area contributed by atoms with Gasteiger partial charge in [-0.2, -0.15) is 4.99 Å². The van der Waals surface area contributed by atoms with Crippen LogP contribution in [0.25, 0.3) is 10.2 Å². The molecule has 27 heavy (non-hydrogen) atoms. The van der Waals surface area contributed by atoms with Gasteiger partial charge in [-0.3, -0.25) is 9.59 Å². The largest absolute Gasteiger partial charge is 0.339 e. The van der Waals surface area contributed by atoms with E-state index in [1.165, 1.54) is 35.1 Å². The lowest BCUT2D eigenvalue weighted by Crippen LogP contribution is -2.44. The molecule has 1 aromatic carbocycles. The normalized spacial score (nSPS) is 18.3. The van der Waals surface area contributed by atoms with Crippen LogP contribution in [0, 0.1) is 6.92 Å². The molecule has 1 saturated heterocycles. The Labute approximate surface area is 168 Å². The van der Waals surface area contributed by atoms with E-state index in [0.717, 1.165) is 36.0 Å². The second kappa shape index (κ2) is 9.06. The Morgan fingerprint density at radius 1 is 1.30 bits per heavy atom. The first-order valence-corrected chi connectivity index (χ1v) is 11.5. The number of benzene rings is 1. The molecule has 1 fully saturated rings. The first-order chi connectivity index (χ1) is 13.0. The number of nitrogens with zero attached hydrogens (tertiary/aromatic N) is 3. The van der Waals surface area contributed by atoms with Crippen molar-refractivity contribution >= 4 is 45.1 Å². The minimum atomic E-state index is -0.183. The van der Waals surface area contributed by atoms with Crippen LogP contribution in [-0.2, 0) is 16.6 Å². The average molecular weight is 406 g/mol. The molecule has 0 N–H and O–H groups in total. The summed E-state index contributed by atoms with van der Waals surface area (Å²) in [6.07, 6.45) is 4.40. The van der Waals surface area contributed by atoms with Gasteiger partial charge in [0.05, 0.1) is 21.7 Å². The fourth-order valence-electron chi connectivity index (χ4n) is 3.55. The van der Waals surface area contributed by atoms with E-state index >= 15 is 0 Å². The number of aryl methyl sites for hydroxylation is 2. The van der Waals surface area contributed by atoms with Crippen LogP contribution < -0.4 is 4.80 Å². The Morgan fingerprint density at radius 2 is 2.11 bits per heavy atom. The van der Waals surface area contributed by atoms with Crippen molar-refractivity contribution in [3.8, 4) is 0 Å². The van der Waals surface area contributed by atoms with Gasteiger partial charge < -0.3 is 9.47 Å². The van der Waals surface area contributed by atoms with E-state index in [2.05, 4.69) is 37.0 Å². The summed E-state index contributed by atoms with van der Waals surface area (Å²) in [5.41, 5.74) is 2.27. The number of carbonyl (C=O) groups excluding carboxylic acids is 2. The Balaban J connectivity index is 1.59. The molecule has 7 heteroatoms. The monoisotopic (exact) mass is 405 g/mol. The van der Waals surface area contributed by atoms with Crippen LogP contribution in [0.1, 0.15) is 38.2 Å². The van der Waals surface area contributed by atoms with Crippen molar-refractivity contribution in [3.05, 3.63) is 28.6 Å². The predicted octanol–water partition coefficient (Wildman–Crippen LogP) is 3.50. The molecule has 1 atom stereocenters. The van der Waals surface area contributed by atoms with Crippen LogP contribution in [0.5, 0.6) is 0 Å². The van der Waals surface area contributed by atoms with E-state index in [4.69, 9.17) is 0 Å². The highest BCUT2D eigenvalue weighted by molar-refractivity contribution is 8.00. The number of likely N-dealkylation sites (tertiary alicyclic amines) is 1. The van der Waals surface area contributed by atoms with Crippen molar-refractivity contribution in [2.45, 2.75) is 45.6 Å². The second-order valence-electron chi connectivity index (χ2n) is 7.06. The minimum absolute atomic E-state index is 0.155. The number of rotatable bonds is 5. The maximum absolute atomic E-state index is 12.5. The van der Waals surface area contributed by atoms with E-state index in [-0.39, 0.29) is 17.6 Å². The summed E-state index contributed by atoms with van der Waals surface area (Å²) in [4.78, 5) is 31.7. The number of thiazole rings is 1. The summed E-state index contributed by atoms with van der Waals surface area (Å²) in [5.74, 6) is 0.568. The molecule has 1 aliphatic rings. The molecule has 146 valence electrons. The van der Waals surface area contributed by atoms with Gasteiger partial charge in [0.15, 0.2) is 4.80 Å². The van der Waals surface area contributed by atoms with Crippen LogP contribution in [0.4, 0.5) is 0 Å². The summed E-state index contributed by atoms with van der Waals surface area (Å²) in [6, 6.07) is 6.60. The summed E-state index contributed by atoms with van der Waals surface area (Å²) in [6.45, 7) is 5.05. The van der Waals surface area contributed by atoms with E-state index in [0.29, 0.717) is 16.6 Å². The van der Waals surface area contributed by atoms with Gasteiger partial charge in [-0.15, -0.1) is 11.8 Å². The third kappa shape index (κ3) is 4.82. The first kappa shape index (κ1) is 20.1. The molecule has 2 heterocycles. The molecule has 0 radical (unpaired) electrons. The number of thioether (sulfide) groups is 1. The van der Waals surface area contributed by atoms with Crippen LogP contribution in [-0.4, -0.2) is 45.4 Å². The molecule has 0 spiro atoms. The zero-order valence-electron chi connectivity index (χ0n) is 16.2. The number of hydrogen-bond donors (Lipinski definition) is 0. The lowest BCUT2D eigenvalue weighted by Gasteiger charge is -2.35. The maximum Gasteiger partial charge on any atom is 0.258 e. The topological polar surface area (TPSA) is 54.7 Å².